The topological polar surface area (TPSA) is 95.1 Å². The Morgan fingerprint density at radius 1 is 1.35 bits per heavy atom. The van der Waals surface area contributed by atoms with Crippen molar-refractivity contribution >= 4 is 23.5 Å². The number of benzene rings is 1. The highest BCUT2D eigenvalue weighted by Crippen LogP contribution is 2.28. The highest BCUT2D eigenvalue weighted by molar-refractivity contribution is 6.33. The summed E-state index contributed by atoms with van der Waals surface area (Å²) in [5, 5.41) is 18.9. The molecule has 1 amide bonds. The maximum atomic E-state index is 12.4. The number of aromatic amines is 1. The second-order valence-corrected chi connectivity index (χ2v) is 6.04. The predicted molar refractivity (Wildman–Crippen MR) is 87.4 cm³/mol. The standard InChI is InChI=1S/C16H18ClN3O3/c1-9(2)7-13(16(22)23)19-15(21)11-8-18-20-14(11)10-5-3-4-6-12(10)17/h3-6,8-9,13H,7H2,1-2H3,(H,18,20)(H,19,21)(H,22,23)/t13-/m1/s1. The van der Waals surface area contributed by atoms with Crippen LogP contribution in [0.5, 0.6) is 0 Å². The Labute approximate surface area is 138 Å². The number of carboxylic acid groups (broad SMARTS) is 1. The average Bonchev–Trinajstić information content (AvgIpc) is 2.95. The van der Waals surface area contributed by atoms with Gasteiger partial charge in [0.15, 0.2) is 0 Å². The van der Waals surface area contributed by atoms with Gasteiger partial charge < -0.3 is 10.4 Å². The lowest BCUT2D eigenvalue weighted by Crippen LogP contribution is -2.41. The Morgan fingerprint density at radius 2 is 2.04 bits per heavy atom. The van der Waals surface area contributed by atoms with Crippen LogP contribution in [0.1, 0.15) is 30.6 Å². The number of rotatable bonds is 6. The number of hydrogen-bond donors (Lipinski definition) is 3. The van der Waals surface area contributed by atoms with Crippen molar-refractivity contribution in [2.24, 2.45) is 5.92 Å². The first-order valence-corrected chi connectivity index (χ1v) is 7.60. The molecule has 6 nitrogen and oxygen atoms in total. The van der Waals surface area contributed by atoms with E-state index in [0.29, 0.717) is 22.7 Å². The third-order valence-electron chi connectivity index (χ3n) is 3.34. The van der Waals surface area contributed by atoms with E-state index in [0.717, 1.165) is 0 Å². The second-order valence-electron chi connectivity index (χ2n) is 5.63. The zero-order valence-electron chi connectivity index (χ0n) is 12.8. The first kappa shape index (κ1) is 17.0. The lowest BCUT2D eigenvalue weighted by Gasteiger charge is -2.16. The maximum absolute atomic E-state index is 12.4. The number of aromatic nitrogens is 2. The molecule has 23 heavy (non-hydrogen) atoms. The van der Waals surface area contributed by atoms with E-state index in [1.54, 1.807) is 24.3 Å². The molecule has 0 aliphatic rings. The fraction of sp³-hybridized carbons (Fsp3) is 0.312. The molecule has 3 N–H and O–H groups in total. The molecule has 1 aromatic heterocycles. The highest BCUT2D eigenvalue weighted by atomic mass is 35.5. The fourth-order valence-electron chi connectivity index (χ4n) is 2.26. The second kappa shape index (κ2) is 7.28. The summed E-state index contributed by atoms with van der Waals surface area (Å²) < 4.78 is 0. The summed E-state index contributed by atoms with van der Waals surface area (Å²) in [6.45, 7) is 3.80. The zero-order chi connectivity index (χ0) is 17.0. The van der Waals surface area contributed by atoms with Crippen LogP contribution in [-0.4, -0.2) is 33.2 Å². The van der Waals surface area contributed by atoms with Crippen molar-refractivity contribution in [3.05, 3.63) is 41.0 Å². The lowest BCUT2D eigenvalue weighted by molar-refractivity contribution is -0.139. The third-order valence-corrected chi connectivity index (χ3v) is 3.67. The van der Waals surface area contributed by atoms with E-state index in [2.05, 4.69) is 15.5 Å². The number of carbonyl (C=O) groups excluding carboxylic acids is 1. The number of hydrogen-bond acceptors (Lipinski definition) is 3. The number of amides is 1. The SMILES string of the molecule is CC(C)C[C@@H](NC(=O)c1cn[nH]c1-c1ccccc1Cl)C(=O)O. The number of halogens is 1. The highest BCUT2D eigenvalue weighted by Gasteiger charge is 2.24. The summed E-state index contributed by atoms with van der Waals surface area (Å²) in [5.74, 6) is -1.42. The van der Waals surface area contributed by atoms with Gasteiger partial charge in [0.25, 0.3) is 5.91 Å². The van der Waals surface area contributed by atoms with E-state index < -0.39 is 17.9 Å². The number of nitrogens with zero attached hydrogens (tertiary/aromatic N) is 1. The normalized spacial score (nSPS) is 12.2. The number of aliphatic carboxylic acids is 1. The van der Waals surface area contributed by atoms with Crippen LogP contribution in [0.25, 0.3) is 11.3 Å². The maximum Gasteiger partial charge on any atom is 0.326 e. The molecule has 122 valence electrons. The van der Waals surface area contributed by atoms with Crippen molar-refractivity contribution in [1.82, 2.24) is 15.5 Å². The van der Waals surface area contributed by atoms with Gasteiger partial charge in [0.2, 0.25) is 0 Å². The van der Waals surface area contributed by atoms with E-state index in [-0.39, 0.29) is 11.5 Å². The number of carboxylic acids is 1. The van der Waals surface area contributed by atoms with Crippen LogP contribution in [0, 0.1) is 5.92 Å². The van der Waals surface area contributed by atoms with Gasteiger partial charge in [-0.3, -0.25) is 9.89 Å². The molecule has 1 aromatic carbocycles. The molecule has 1 atom stereocenters. The Balaban J connectivity index is 2.26. The fourth-order valence-corrected chi connectivity index (χ4v) is 2.49. The molecule has 2 aromatic rings. The molecule has 0 bridgehead atoms. The molecule has 1 heterocycles. The van der Waals surface area contributed by atoms with E-state index in [1.807, 2.05) is 13.8 Å². The first-order valence-electron chi connectivity index (χ1n) is 7.22. The monoisotopic (exact) mass is 335 g/mol. The van der Waals surface area contributed by atoms with Crippen LogP contribution in [0.4, 0.5) is 0 Å². The molecular weight excluding hydrogens is 318 g/mol. The van der Waals surface area contributed by atoms with Crippen LogP contribution in [0.15, 0.2) is 30.5 Å². The quantitative estimate of drug-likeness (QED) is 0.756. The van der Waals surface area contributed by atoms with Crippen LogP contribution in [0.2, 0.25) is 5.02 Å². The van der Waals surface area contributed by atoms with Crippen molar-refractivity contribution in [1.29, 1.82) is 0 Å². The number of H-pyrrole nitrogens is 1. The average molecular weight is 336 g/mol. The minimum absolute atomic E-state index is 0.142. The first-order chi connectivity index (χ1) is 10.9. The molecule has 0 saturated carbocycles. The minimum atomic E-state index is -1.06. The van der Waals surface area contributed by atoms with Crippen molar-refractivity contribution in [2.75, 3.05) is 0 Å². The smallest absolute Gasteiger partial charge is 0.326 e. The Morgan fingerprint density at radius 3 is 2.65 bits per heavy atom. The van der Waals surface area contributed by atoms with E-state index in [1.165, 1.54) is 6.20 Å². The molecule has 0 aliphatic carbocycles. The number of nitrogens with one attached hydrogen (secondary N) is 2. The Kier molecular flexibility index (Phi) is 5.39. The predicted octanol–water partition coefficient (Wildman–Crippen LogP) is 2.96. The van der Waals surface area contributed by atoms with Gasteiger partial charge in [-0.2, -0.15) is 5.10 Å². The van der Waals surface area contributed by atoms with E-state index in [9.17, 15) is 14.7 Å². The van der Waals surface area contributed by atoms with Crippen molar-refractivity contribution in [3.8, 4) is 11.3 Å². The van der Waals surface area contributed by atoms with Gasteiger partial charge in [-0.25, -0.2) is 4.79 Å². The molecule has 0 unspecified atom stereocenters. The molecule has 0 aliphatic heterocycles. The van der Waals surface area contributed by atoms with Gasteiger partial charge in [0, 0.05) is 10.6 Å². The van der Waals surface area contributed by atoms with Crippen LogP contribution >= 0.6 is 11.6 Å². The molecule has 0 saturated heterocycles. The molecule has 0 spiro atoms. The summed E-state index contributed by atoms with van der Waals surface area (Å²) in [4.78, 5) is 23.7. The van der Waals surface area contributed by atoms with Gasteiger partial charge in [-0.15, -0.1) is 0 Å². The molecule has 7 heteroatoms. The summed E-state index contributed by atoms with van der Waals surface area (Å²) >= 11 is 6.14. The van der Waals surface area contributed by atoms with Gasteiger partial charge in [0.1, 0.15) is 6.04 Å². The lowest BCUT2D eigenvalue weighted by atomic mass is 10.0. The molecule has 0 fully saturated rings. The summed E-state index contributed by atoms with van der Waals surface area (Å²) in [6, 6.07) is 6.10. The van der Waals surface area contributed by atoms with Gasteiger partial charge in [0.05, 0.1) is 17.5 Å². The van der Waals surface area contributed by atoms with Crippen molar-refractivity contribution < 1.29 is 14.7 Å². The Hall–Kier alpha value is -2.34. The Bertz CT molecular complexity index is 712. The summed E-state index contributed by atoms with van der Waals surface area (Å²) in [6.07, 6.45) is 1.71. The van der Waals surface area contributed by atoms with Crippen molar-refractivity contribution in [3.63, 3.8) is 0 Å². The molecule has 0 radical (unpaired) electrons. The third kappa shape index (κ3) is 4.10. The van der Waals surface area contributed by atoms with Crippen molar-refractivity contribution in [2.45, 2.75) is 26.3 Å². The van der Waals surface area contributed by atoms with E-state index in [4.69, 9.17) is 11.6 Å². The van der Waals surface area contributed by atoms with Crippen LogP contribution in [0.3, 0.4) is 0 Å². The summed E-state index contributed by atoms with van der Waals surface area (Å²) in [7, 11) is 0. The molecular formula is C16H18ClN3O3. The largest absolute Gasteiger partial charge is 0.480 e. The van der Waals surface area contributed by atoms with Gasteiger partial charge in [-0.05, 0) is 18.4 Å². The van der Waals surface area contributed by atoms with Crippen LogP contribution in [-0.2, 0) is 4.79 Å². The minimum Gasteiger partial charge on any atom is -0.480 e. The summed E-state index contributed by atoms with van der Waals surface area (Å²) in [5.41, 5.74) is 1.35. The van der Waals surface area contributed by atoms with Gasteiger partial charge in [-0.1, -0.05) is 43.6 Å². The van der Waals surface area contributed by atoms with Gasteiger partial charge >= 0.3 is 5.97 Å². The zero-order valence-corrected chi connectivity index (χ0v) is 13.6. The number of carbonyl (C=O) groups is 2. The van der Waals surface area contributed by atoms with Crippen LogP contribution < -0.4 is 5.32 Å². The molecule has 2 rings (SSSR count). The van der Waals surface area contributed by atoms with E-state index >= 15 is 0 Å².